The number of benzene rings is 8. The smallest absolute Gasteiger partial charge is 0.0459 e. The lowest BCUT2D eigenvalue weighted by Crippen LogP contribution is -2.37. The van der Waals surface area contributed by atoms with Crippen LogP contribution in [0.25, 0.3) is 55.4 Å². The maximum Gasteiger partial charge on any atom is 0.0459 e. The van der Waals surface area contributed by atoms with Crippen LogP contribution in [0.5, 0.6) is 0 Å². The van der Waals surface area contributed by atoms with Crippen LogP contribution < -0.4 is 15.3 Å². The molecule has 0 spiro atoms. The van der Waals surface area contributed by atoms with Crippen molar-refractivity contribution in [3.05, 3.63) is 215 Å². The quantitative estimate of drug-likeness (QED) is 0.168. The second kappa shape index (κ2) is 12.9. The molecule has 0 saturated heterocycles. The summed E-state index contributed by atoms with van der Waals surface area (Å²) in [6.45, 7) is 4.79. The maximum absolute atomic E-state index is 2.51. The first-order valence-corrected chi connectivity index (χ1v) is 19.2. The number of nitrogens with zero attached hydrogens (tertiary/aromatic N) is 1. The van der Waals surface area contributed by atoms with E-state index in [1.165, 1.54) is 82.6 Å². The molecular weight excluding hydrogens is 651 g/mol. The molecular formula is C53H41N. The van der Waals surface area contributed by atoms with E-state index in [-0.39, 0.29) is 5.41 Å². The van der Waals surface area contributed by atoms with E-state index in [0.717, 1.165) is 24.2 Å². The number of fused-ring (bicyclic) bond motifs is 5. The van der Waals surface area contributed by atoms with Crippen LogP contribution in [0.15, 0.2) is 188 Å². The van der Waals surface area contributed by atoms with Crippen molar-refractivity contribution < 1.29 is 0 Å². The van der Waals surface area contributed by atoms with Crippen molar-refractivity contribution in [2.45, 2.75) is 32.1 Å². The summed E-state index contributed by atoms with van der Waals surface area (Å²) in [5.41, 5.74) is 16.9. The molecule has 2 aliphatic carbocycles. The van der Waals surface area contributed by atoms with Gasteiger partial charge in [0.15, 0.2) is 0 Å². The summed E-state index contributed by atoms with van der Waals surface area (Å²) in [6.07, 6.45) is 1.85. The monoisotopic (exact) mass is 691 g/mol. The van der Waals surface area contributed by atoms with Crippen molar-refractivity contribution in [3.8, 4) is 33.4 Å². The summed E-state index contributed by atoms with van der Waals surface area (Å²) in [4.78, 5) is 2.51. The summed E-state index contributed by atoms with van der Waals surface area (Å²) in [6, 6.07) is 69.2. The van der Waals surface area contributed by atoms with Gasteiger partial charge >= 0.3 is 0 Å². The lowest BCUT2D eigenvalue weighted by atomic mass is 9.79. The number of anilines is 2. The zero-order chi connectivity index (χ0) is 36.2. The van der Waals surface area contributed by atoms with Crippen LogP contribution in [0.3, 0.4) is 0 Å². The predicted octanol–water partition coefficient (Wildman–Crippen LogP) is 12.4. The van der Waals surface area contributed by atoms with Gasteiger partial charge in [-0.05, 0) is 115 Å². The van der Waals surface area contributed by atoms with Crippen molar-refractivity contribution in [3.63, 3.8) is 0 Å². The highest BCUT2D eigenvalue weighted by Gasteiger charge is 2.38. The third-order valence-electron chi connectivity index (χ3n) is 11.8. The second-order valence-electron chi connectivity index (χ2n) is 15.2. The lowest BCUT2D eigenvalue weighted by Gasteiger charge is -2.31. The van der Waals surface area contributed by atoms with Crippen LogP contribution in [0.2, 0.25) is 0 Å². The van der Waals surface area contributed by atoms with Gasteiger partial charge in [-0.25, -0.2) is 0 Å². The van der Waals surface area contributed by atoms with Gasteiger partial charge in [0.25, 0.3) is 0 Å². The van der Waals surface area contributed by atoms with Gasteiger partial charge in [0.2, 0.25) is 0 Å². The summed E-state index contributed by atoms with van der Waals surface area (Å²) < 4.78 is 0. The number of rotatable bonds is 6. The fraction of sp³-hybridized carbons (Fsp3) is 0.0943. The summed E-state index contributed by atoms with van der Waals surface area (Å²) in [5.74, 6) is 0. The van der Waals surface area contributed by atoms with Crippen molar-refractivity contribution in [2.75, 3.05) is 4.90 Å². The predicted molar refractivity (Wildman–Crippen MR) is 228 cm³/mol. The Bertz CT molecular complexity index is 2730. The van der Waals surface area contributed by atoms with Gasteiger partial charge in [0, 0.05) is 27.7 Å². The first-order valence-electron chi connectivity index (χ1n) is 19.2. The highest BCUT2D eigenvalue weighted by Crippen LogP contribution is 2.53. The molecule has 0 fully saturated rings. The highest BCUT2D eigenvalue weighted by atomic mass is 15.1. The Hall–Kier alpha value is -6.44. The normalized spacial score (nSPS) is 14.0. The lowest BCUT2D eigenvalue weighted by molar-refractivity contribution is 0.661. The Morgan fingerprint density at radius 1 is 0.426 bits per heavy atom. The van der Waals surface area contributed by atoms with Crippen LogP contribution in [-0.2, 0) is 5.41 Å². The Morgan fingerprint density at radius 3 is 1.59 bits per heavy atom. The summed E-state index contributed by atoms with van der Waals surface area (Å²) >= 11 is 0. The zero-order valence-corrected chi connectivity index (χ0v) is 30.8. The van der Waals surface area contributed by atoms with Gasteiger partial charge in [-0.15, -0.1) is 0 Å². The first-order chi connectivity index (χ1) is 26.6. The fourth-order valence-corrected chi connectivity index (χ4v) is 9.16. The van der Waals surface area contributed by atoms with E-state index in [4.69, 9.17) is 0 Å². The van der Waals surface area contributed by atoms with Gasteiger partial charge < -0.3 is 4.90 Å². The van der Waals surface area contributed by atoms with E-state index in [0.29, 0.717) is 0 Å². The van der Waals surface area contributed by atoms with Crippen molar-refractivity contribution in [2.24, 2.45) is 0 Å². The molecule has 0 amide bonds. The van der Waals surface area contributed by atoms with Crippen LogP contribution >= 0.6 is 0 Å². The molecule has 0 atom stereocenters. The third-order valence-corrected chi connectivity index (χ3v) is 11.8. The van der Waals surface area contributed by atoms with Crippen LogP contribution in [-0.4, -0.2) is 0 Å². The second-order valence-corrected chi connectivity index (χ2v) is 15.2. The van der Waals surface area contributed by atoms with Crippen molar-refractivity contribution in [1.82, 2.24) is 0 Å². The molecule has 8 aromatic carbocycles. The van der Waals surface area contributed by atoms with Crippen molar-refractivity contribution in [1.29, 1.82) is 0 Å². The summed E-state index contributed by atoms with van der Waals surface area (Å²) in [5, 5.41) is 5.27. The molecule has 0 saturated carbocycles. The molecule has 0 radical (unpaired) electrons. The van der Waals surface area contributed by atoms with Gasteiger partial charge in [0.1, 0.15) is 0 Å². The zero-order valence-electron chi connectivity index (χ0n) is 30.8. The SMILES string of the molecule is CC1(C)c2ccccc2-c2c1cc1ccccc1c2C1=c2ccccc2=C(N(c2ccc(-c3ccccc3)cc2)c2ccc(-c3ccccc3)cc2)CC1. The van der Waals surface area contributed by atoms with E-state index < -0.39 is 0 Å². The minimum atomic E-state index is -0.0780. The number of hydrogen-bond acceptors (Lipinski definition) is 1. The Labute approximate surface area is 317 Å². The largest absolute Gasteiger partial charge is 0.314 e. The van der Waals surface area contributed by atoms with Crippen LogP contribution in [0, 0.1) is 0 Å². The number of hydrogen-bond donors (Lipinski definition) is 0. The molecule has 258 valence electrons. The molecule has 0 aromatic heterocycles. The molecule has 8 aromatic rings. The van der Waals surface area contributed by atoms with E-state index in [2.05, 4.69) is 207 Å². The minimum Gasteiger partial charge on any atom is -0.314 e. The molecule has 0 bridgehead atoms. The highest BCUT2D eigenvalue weighted by molar-refractivity contribution is 6.05. The average molecular weight is 692 g/mol. The van der Waals surface area contributed by atoms with E-state index >= 15 is 0 Å². The summed E-state index contributed by atoms with van der Waals surface area (Å²) in [7, 11) is 0. The topological polar surface area (TPSA) is 3.24 Å². The molecule has 1 nitrogen and oxygen atoms in total. The minimum absolute atomic E-state index is 0.0780. The Kier molecular flexibility index (Phi) is 7.70. The Morgan fingerprint density at radius 2 is 0.944 bits per heavy atom. The van der Waals surface area contributed by atoms with Gasteiger partial charge in [0.05, 0.1) is 0 Å². The van der Waals surface area contributed by atoms with Crippen LogP contribution in [0.1, 0.15) is 43.4 Å². The average Bonchev–Trinajstić information content (AvgIpc) is 3.46. The first kappa shape index (κ1) is 32.2. The van der Waals surface area contributed by atoms with E-state index in [9.17, 15) is 0 Å². The maximum atomic E-state index is 2.51. The van der Waals surface area contributed by atoms with Gasteiger partial charge in [-0.3, -0.25) is 0 Å². The third kappa shape index (κ3) is 5.23. The molecule has 0 heterocycles. The van der Waals surface area contributed by atoms with E-state index in [1.807, 2.05) is 0 Å². The molecule has 0 unspecified atom stereocenters. The molecule has 0 aliphatic heterocycles. The molecule has 1 heteroatoms. The van der Waals surface area contributed by atoms with Crippen molar-refractivity contribution >= 4 is 33.4 Å². The molecule has 54 heavy (non-hydrogen) atoms. The fourth-order valence-electron chi connectivity index (χ4n) is 9.16. The van der Waals surface area contributed by atoms with E-state index in [1.54, 1.807) is 0 Å². The molecule has 10 rings (SSSR count). The molecule has 0 N–H and O–H groups in total. The standard InChI is InChI=1S/C53H41N/c1-53(2)48-24-14-13-23-47(48)52-49(53)35-40-19-9-10-20-43(40)51(52)46-33-34-50(45-22-12-11-21-44(45)46)54(41-29-25-38(26-30-41)36-15-5-3-6-16-36)42-31-27-39(28-32-42)37-17-7-4-8-18-37/h3-32,35H,33-34H2,1-2H3. The Balaban J connectivity index is 1.22. The van der Waals surface area contributed by atoms with Gasteiger partial charge in [-0.1, -0.05) is 172 Å². The van der Waals surface area contributed by atoms with Crippen LogP contribution in [0.4, 0.5) is 11.4 Å². The van der Waals surface area contributed by atoms with Gasteiger partial charge in [-0.2, -0.15) is 0 Å². The molecule has 2 aliphatic rings.